The Labute approximate surface area is 180 Å². The second kappa shape index (κ2) is 8.78. The number of rotatable bonds is 7. The first kappa shape index (κ1) is 25.7. The summed E-state index contributed by atoms with van der Waals surface area (Å²) in [7, 11) is 0. The van der Waals surface area contributed by atoms with Gasteiger partial charge in [0.05, 0.1) is 0 Å². The zero-order valence-electron chi connectivity index (χ0n) is 21.1. The molecular formula is C26H46N2O. The molecule has 3 heteroatoms. The number of carbonyl (C=O) groups is 1. The van der Waals surface area contributed by atoms with Gasteiger partial charge in [-0.2, -0.15) is 0 Å². The molecule has 0 saturated carbocycles. The van der Waals surface area contributed by atoms with Crippen molar-refractivity contribution in [2.45, 2.75) is 101 Å². The second-order valence-electron chi connectivity index (χ2n) is 12.5. The molecule has 0 aliphatic carbocycles. The van der Waals surface area contributed by atoms with Crippen LogP contribution in [0.25, 0.3) is 0 Å². The summed E-state index contributed by atoms with van der Waals surface area (Å²) < 4.78 is 0. The van der Waals surface area contributed by atoms with Gasteiger partial charge >= 0.3 is 0 Å². The van der Waals surface area contributed by atoms with Crippen LogP contribution in [-0.2, 0) is 4.79 Å². The van der Waals surface area contributed by atoms with Gasteiger partial charge in [0.1, 0.15) is 0 Å². The Bertz CT molecular complexity index is 660. The number of hydrogen-bond donors (Lipinski definition) is 1. The van der Waals surface area contributed by atoms with E-state index in [-0.39, 0.29) is 39.5 Å². The largest absolute Gasteiger partial charge is 0.354 e. The fourth-order valence-corrected chi connectivity index (χ4v) is 4.99. The highest BCUT2D eigenvalue weighted by molar-refractivity contribution is 5.80. The van der Waals surface area contributed by atoms with Gasteiger partial charge in [0.15, 0.2) is 0 Å². The summed E-state index contributed by atoms with van der Waals surface area (Å²) in [4.78, 5) is 17.7. The lowest BCUT2D eigenvalue weighted by molar-refractivity contribution is -0.141. The molecular weight excluding hydrogens is 356 g/mol. The van der Waals surface area contributed by atoms with E-state index < -0.39 is 0 Å². The number of nitrogens with one attached hydrogen (secondary N) is 1. The predicted molar refractivity (Wildman–Crippen MR) is 125 cm³/mol. The quantitative estimate of drug-likeness (QED) is 0.542. The van der Waals surface area contributed by atoms with Crippen LogP contribution in [0.1, 0.15) is 101 Å². The van der Waals surface area contributed by atoms with Gasteiger partial charge in [0.25, 0.3) is 0 Å². The van der Waals surface area contributed by atoms with E-state index in [0.717, 1.165) is 6.42 Å². The third-order valence-electron chi connectivity index (χ3n) is 6.74. The van der Waals surface area contributed by atoms with Crippen LogP contribution < -0.4 is 5.32 Å². The molecule has 0 spiro atoms. The minimum absolute atomic E-state index is 0.114. The van der Waals surface area contributed by atoms with Crippen LogP contribution in [0.15, 0.2) is 24.5 Å². The maximum Gasteiger partial charge on any atom is 0.224 e. The second-order valence-corrected chi connectivity index (χ2v) is 12.5. The van der Waals surface area contributed by atoms with Gasteiger partial charge in [-0.05, 0) is 65.5 Å². The zero-order chi connectivity index (χ0) is 22.8. The highest BCUT2D eigenvalue weighted by Gasteiger charge is 2.54. The fraction of sp³-hybridized carbons (Fsp3) is 0.769. The molecule has 0 aliphatic rings. The Morgan fingerprint density at radius 2 is 1.38 bits per heavy atom. The van der Waals surface area contributed by atoms with Crippen LogP contribution in [-0.4, -0.2) is 16.9 Å². The molecule has 1 amide bonds. The predicted octanol–water partition coefficient (Wildman–Crippen LogP) is 6.84. The maximum absolute atomic E-state index is 13.4. The SMILES string of the molecule is CC(C)NC(=O)C(C(C)(C)C)C(C)(C)C(C)(C)C(CC(C)(C)C)c1ccncc1. The molecule has 0 radical (unpaired) electrons. The van der Waals surface area contributed by atoms with Gasteiger partial charge in [-0.3, -0.25) is 9.78 Å². The first-order chi connectivity index (χ1) is 12.9. The molecule has 1 heterocycles. The van der Waals surface area contributed by atoms with E-state index in [1.807, 2.05) is 26.2 Å². The maximum atomic E-state index is 13.4. The lowest BCUT2D eigenvalue weighted by atomic mass is 9.49. The van der Waals surface area contributed by atoms with Crippen molar-refractivity contribution in [2.75, 3.05) is 0 Å². The highest BCUT2D eigenvalue weighted by atomic mass is 16.2. The Balaban J connectivity index is 3.55. The molecule has 2 unspecified atom stereocenters. The van der Waals surface area contributed by atoms with E-state index in [4.69, 9.17) is 0 Å². The molecule has 3 nitrogen and oxygen atoms in total. The number of aromatic nitrogens is 1. The summed E-state index contributed by atoms with van der Waals surface area (Å²) in [6, 6.07) is 4.43. The third kappa shape index (κ3) is 6.30. The summed E-state index contributed by atoms with van der Waals surface area (Å²) in [6.07, 6.45) is 4.83. The van der Waals surface area contributed by atoms with Crippen molar-refractivity contribution in [3.63, 3.8) is 0 Å². The zero-order valence-corrected chi connectivity index (χ0v) is 21.1. The summed E-state index contributed by atoms with van der Waals surface area (Å²) >= 11 is 0. The average Bonchev–Trinajstić information content (AvgIpc) is 2.49. The minimum atomic E-state index is -0.233. The van der Waals surface area contributed by atoms with Crippen LogP contribution in [0, 0.1) is 27.6 Å². The normalized spacial score (nSPS) is 15.9. The molecule has 0 fully saturated rings. The molecule has 1 N–H and O–H groups in total. The van der Waals surface area contributed by atoms with Gasteiger partial charge in [-0.15, -0.1) is 0 Å². The van der Waals surface area contributed by atoms with Crippen molar-refractivity contribution in [1.29, 1.82) is 0 Å². The van der Waals surface area contributed by atoms with Crippen molar-refractivity contribution in [1.82, 2.24) is 10.3 Å². The fourth-order valence-electron chi connectivity index (χ4n) is 4.99. The van der Waals surface area contributed by atoms with Gasteiger partial charge in [-0.1, -0.05) is 69.2 Å². The van der Waals surface area contributed by atoms with E-state index in [0.29, 0.717) is 5.92 Å². The molecule has 0 saturated heterocycles. The Morgan fingerprint density at radius 3 is 1.76 bits per heavy atom. The van der Waals surface area contributed by atoms with Crippen LogP contribution in [0.3, 0.4) is 0 Å². The molecule has 0 aromatic carbocycles. The molecule has 29 heavy (non-hydrogen) atoms. The molecule has 0 aliphatic heterocycles. The Hall–Kier alpha value is -1.38. The smallest absolute Gasteiger partial charge is 0.224 e. The van der Waals surface area contributed by atoms with Crippen LogP contribution >= 0.6 is 0 Å². The number of amides is 1. The standard InChI is InChI=1S/C26H46N2O/c1-18(2)28-22(29)21(24(6,7)8)26(11,12)25(9,10)20(17-23(3,4)5)19-13-15-27-16-14-19/h13-16,18,20-21H,17H2,1-12H3,(H,28,29). The number of hydrogen-bond acceptors (Lipinski definition) is 2. The van der Waals surface area contributed by atoms with Gasteiger partial charge in [-0.25, -0.2) is 0 Å². The minimum Gasteiger partial charge on any atom is -0.354 e. The monoisotopic (exact) mass is 402 g/mol. The van der Waals surface area contributed by atoms with Crippen LogP contribution in [0.5, 0.6) is 0 Å². The first-order valence-electron chi connectivity index (χ1n) is 11.1. The highest BCUT2D eigenvalue weighted by Crippen LogP contribution is 2.58. The number of carbonyl (C=O) groups excluding carboxylic acids is 1. The molecule has 1 aromatic rings. The lowest BCUT2D eigenvalue weighted by Crippen LogP contribution is -2.54. The lowest BCUT2D eigenvalue weighted by Gasteiger charge is -2.55. The number of pyridine rings is 1. The van der Waals surface area contributed by atoms with E-state index in [2.05, 4.69) is 91.7 Å². The summed E-state index contributed by atoms with van der Waals surface area (Å²) in [5.74, 6) is 0.365. The Kier molecular flexibility index (Phi) is 7.76. The van der Waals surface area contributed by atoms with Crippen molar-refractivity contribution in [2.24, 2.45) is 27.6 Å². The number of nitrogens with zero attached hydrogens (tertiary/aromatic N) is 1. The topological polar surface area (TPSA) is 42.0 Å². The van der Waals surface area contributed by atoms with Gasteiger partial charge in [0.2, 0.25) is 5.91 Å². The van der Waals surface area contributed by atoms with E-state index in [1.165, 1.54) is 5.56 Å². The molecule has 166 valence electrons. The summed E-state index contributed by atoms with van der Waals surface area (Å²) in [6.45, 7) is 26.9. The van der Waals surface area contributed by atoms with Crippen LogP contribution in [0.4, 0.5) is 0 Å². The van der Waals surface area contributed by atoms with E-state index >= 15 is 0 Å². The molecule has 0 bridgehead atoms. The summed E-state index contributed by atoms with van der Waals surface area (Å²) in [5, 5.41) is 3.21. The summed E-state index contributed by atoms with van der Waals surface area (Å²) in [5.41, 5.74) is 0.991. The van der Waals surface area contributed by atoms with Crippen molar-refractivity contribution >= 4 is 5.91 Å². The molecule has 1 aromatic heterocycles. The third-order valence-corrected chi connectivity index (χ3v) is 6.74. The average molecular weight is 403 g/mol. The first-order valence-corrected chi connectivity index (χ1v) is 11.1. The van der Waals surface area contributed by atoms with Crippen LogP contribution in [0.2, 0.25) is 0 Å². The van der Waals surface area contributed by atoms with Gasteiger partial charge < -0.3 is 5.32 Å². The van der Waals surface area contributed by atoms with Crippen molar-refractivity contribution < 1.29 is 4.79 Å². The molecule has 1 rings (SSSR count). The van der Waals surface area contributed by atoms with Gasteiger partial charge in [0, 0.05) is 24.4 Å². The molecule has 2 atom stereocenters. The van der Waals surface area contributed by atoms with E-state index in [1.54, 1.807) is 0 Å². The van der Waals surface area contributed by atoms with Crippen molar-refractivity contribution in [3.8, 4) is 0 Å². The van der Waals surface area contributed by atoms with E-state index in [9.17, 15) is 4.79 Å². The Morgan fingerprint density at radius 1 is 0.897 bits per heavy atom. The van der Waals surface area contributed by atoms with Crippen molar-refractivity contribution in [3.05, 3.63) is 30.1 Å².